The van der Waals surface area contributed by atoms with E-state index in [9.17, 15) is 4.79 Å². The third-order valence-corrected chi connectivity index (χ3v) is 2.47. The SMILES string of the molecule is CCCCC(C)C(=O)OCCOCCOCCO. The minimum atomic E-state index is -0.149. The third-order valence-electron chi connectivity index (χ3n) is 2.47. The van der Waals surface area contributed by atoms with Gasteiger partial charge in [-0.25, -0.2) is 0 Å². The molecule has 0 aliphatic carbocycles. The molecule has 0 heterocycles. The van der Waals surface area contributed by atoms with Gasteiger partial charge in [0.2, 0.25) is 0 Å². The Labute approximate surface area is 109 Å². The first-order valence-electron chi connectivity index (χ1n) is 6.65. The maximum Gasteiger partial charge on any atom is 0.308 e. The molecule has 0 radical (unpaired) electrons. The minimum absolute atomic E-state index is 0.0211. The van der Waals surface area contributed by atoms with E-state index in [1.165, 1.54) is 0 Å². The van der Waals surface area contributed by atoms with Gasteiger partial charge in [-0.05, 0) is 6.42 Å². The summed E-state index contributed by atoms with van der Waals surface area (Å²) in [6, 6.07) is 0. The summed E-state index contributed by atoms with van der Waals surface area (Å²) in [6.45, 7) is 5.90. The van der Waals surface area contributed by atoms with E-state index >= 15 is 0 Å². The van der Waals surface area contributed by atoms with Gasteiger partial charge in [0.05, 0.1) is 39.0 Å². The number of aliphatic hydroxyl groups is 1. The van der Waals surface area contributed by atoms with Crippen LogP contribution in [0.5, 0.6) is 0 Å². The molecule has 18 heavy (non-hydrogen) atoms. The van der Waals surface area contributed by atoms with Crippen LogP contribution in [0.1, 0.15) is 33.1 Å². The average Bonchev–Trinajstić information content (AvgIpc) is 2.38. The zero-order chi connectivity index (χ0) is 13.6. The molecule has 0 fully saturated rings. The highest BCUT2D eigenvalue weighted by molar-refractivity contribution is 5.71. The molecule has 1 atom stereocenters. The van der Waals surface area contributed by atoms with Crippen molar-refractivity contribution in [2.24, 2.45) is 5.92 Å². The molecule has 0 rings (SSSR count). The summed E-state index contributed by atoms with van der Waals surface area (Å²) in [6.07, 6.45) is 3.02. The standard InChI is InChI=1S/C13H26O5/c1-3-4-5-12(2)13(15)18-11-10-17-9-8-16-7-6-14/h12,14H,3-11H2,1-2H3. The Morgan fingerprint density at radius 3 is 2.33 bits per heavy atom. The quantitative estimate of drug-likeness (QED) is 0.425. The van der Waals surface area contributed by atoms with Gasteiger partial charge < -0.3 is 19.3 Å². The van der Waals surface area contributed by atoms with E-state index in [2.05, 4.69) is 6.92 Å². The molecule has 0 aromatic rings. The first kappa shape index (κ1) is 17.4. The van der Waals surface area contributed by atoms with Gasteiger partial charge >= 0.3 is 5.97 Å². The van der Waals surface area contributed by atoms with Crippen molar-refractivity contribution in [2.45, 2.75) is 33.1 Å². The first-order chi connectivity index (χ1) is 8.72. The number of esters is 1. The van der Waals surface area contributed by atoms with Crippen molar-refractivity contribution >= 4 is 5.97 Å². The lowest BCUT2D eigenvalue weighted by molar-refractivity contribution is -0.149. The van der Waals surface area contributed by atoms with Crippen molar-refractivity contribution in [1.29, 1.82) is 0 Å². The van der Waals surface area contributed by atoms with E-state index in [0.29, 0.717) is 26.4 Å². The maximum absolute atomic E-state index is 11.5. The fraction of sp³-hybridized carbons (Fsp3) is 0.923. The number of rotatable bonds is 12. The molecule has 0 amide bonds. The van der Waals surface area contributed by atoms with Gasteiger partial charge in [0, 0.05) is 0 Å². The van der Waals surface area contributed by atoms with Crippen molar-refractivity contribution in [1.82, 2.24) is 0 Å². The third kappa shape index (κ3) is 10.5. The molecule has 1 unspecified atom stereocenters. The molecule has 0 aromatic heterocycles. The second-order valence-corrected chi connectivity index (χ2v) is 4.16. The molecule has 0 aliphatic rings. The summed E-state index contributed by atoms with van der Waals surface area (Å²) in [4.78, 5) is 11.5. The summed E-state index contributed by atoms with van der Waals surface area (Å²) in [5.41, 5.74) is 0. The maximum atomic E-state index is 11.5. The first-order valence-corrected chi connectivity index (χ1v) is 6.65. The van der Waals surface area contributed by atoms with Crippen molar-refractivity contribution in [3.8, 4) is 0 Å². The normalized spacial score (nSPS) is 12.4. The largest absolute Gasteiger partial charge is 0.463 e. The number of hydrogen-bond acceptors (Lipinski definition) is 5. The molecule has 0 spiro atoms. The van der Waals surface area contributed by atoms with E-state index in [-0.39, 0.29) is 25.1 Å². The number of aliphatic hydroxyl groups excluding tert-OH is 1. The van der Waals surface area contributed by atoms with Crippen LogP contribution in [0.15, 0.2) is 0 Å². The van der Waals surface area contributed by atoms with Crippen LogP contribution >= 0.6 is 0 Å². The summed E-state index contributed by atoms with van der Waals surface area (Å²) in [5.74, 6) is -0.179. The van der Waals surface area contributed by atoms with Crippen LogP contribution in [-0.4, -0.2) is 50.7 Å². The van der Waals surface area contributed by atoms with Crippen molar-refractivity contribution in [2.75, 3.05) is 39.6 Å². The summed E-state index contributed by atoms with van der Waals surface area (Å²) in [7, 11) is 0. The van der Waals surface area contributed by atoms with E-state index in [0.717, 1.165) is 19.3 Å². The minimum Gasteiger partial charge on any atom is -0.463 e. The number of carbonyl (C=O) groups is 1. The highest BCUT2D eigenvalue weighted by Gasteiger charge is 2.13. The Balaban J connectivity index is 3.29. The zero-order valence-electron chi connectivity index (χ0n) is 11.5. The Morgan fingerprint density at radius 1 is 1.11 bits per heavy atom. The highest BCUT2D eigenvalue weighted by atomic mass is 16.6. The van der Waals surface area contributed by atoms with Gasteiger partial charge in [-0.2, -0.15) is 0 Å². The van der Waals surface area contributed by atoms with Gasteiger partial charge in [0.1, 0.15) is 6.61 Å². The molecule has 5 heteroatoms. The second-order valence-electron chi connectivity index (χ2n) is 4.16. The summed E-state index contributed by atoms with van der Waals surface area (Å²) < 4.78 is 15.3. The van der Waals surface area contributed by atoms with Crippen LogP contribution in [0, 0.1) is 5.92 Å². The van der Waals surface area contributed by atoms with Crippen molar-refractivity contribution in [3.05, 3.63) is 0 Å². The molecule has 5 nitrogen and oxygen atoms in total. The molecule has 0 aliphatic heterocycles. The summed E-state index contributed by atoms with van der Waals surface area (Å²) in [5, 5.41) is 8.46. The molecule has 108 valence electrons. The predicted molar refractivity (Wildman–Crippen MR) is 68.4 cm³/mol. The van der Waals surface area contributed by atoms with Crippen molar-refractivity contribution < 1.29 is 24.1 Å². The van der Waals surface area contributed by atoms with Crippen LogP contribution in [0.4, 0.5) is 0 Å². The molecule has 0 bridgehead atoms. The van der Waals surface area contributed by atoms with Gasteiger partial charge in [0.25, 0.3) is 0 Å². The Bertz CT molecular complexity index is 196. The van der Waals surface area contributed by atoms with E-state index in [1.54, 1.807) is 0 Å². The van der Waals surface area contributed by atoms with Crippen molar-refractivity contribution in [3.63, 3.8) is 0 Å². The monoisotopic (exact) mass is 262 g/mol. The van der Waals surface area contributed by atoms with Crippen LogP contribution < -0.4 is 0 Å². The van der Waals surface area contributed by atoms with Crippen LogP contribution in [0.2, 0.25) is 0 Å². The fourth-order valence-corrected chi connectivity index (χ4v) is 1.36. The van der Waals surface area contributed by atoms with Gasteiger partial charge in [0.15, 0.2) is 0 Å². The lowest BCUT2D eigenvalue weighted by Gasteiger charge is -2.11. The topological polar surface area (TPSA) is 65.0 Å². The lowest BCUT2D eigenvalue weighted by atomic mass is 10.1. The van der Waals surface area contributed by atoms with Gasteiger partial charge in [-0.1, -0.05) is 26.7 Å². The number of carbonyl (C=O) groups excluding carboxylic acids is 1. The van der Waals surface area contributed by atoms with E-state index in [1.807, 2.05) is 6.92 Å². The lowest BCUT2D eigenvalue weighted by Crippen LogP contribution is -2.18. The van der Waals surface area contributed by atoms with Gasteiger partial charge in [-0.15, -0.1) is 0 Å². The van der Waals surface area contributed by atoms with Crippen LogP contribution in [0.25, 0.3) is 0 Å². The summed E-state index contributed by atoms with van der Waals surface area (Å²) >= 11 is 0. The smallest absolute Gasteiger partial charge is 0.308 e. The molecule has 1 N–H and O–H groups in total. The Kier molecular flexibility index (Phi) is 12.3. The fourth-order valence-electron chi connectivity index (χ4n) is 1.36. The molecular formula is C13H26O5. The number of ether oxygens (including phenoxy) is 3. The van der Waals surface area contributed by atoms with E-state index in [4.69, 9.17) is 19.3 Å². The van der Waals surface area contributed by atoms with Gasteiger partial charge in [-0.3, -0.25) is 4.79 Å². The van der Waals surface area contributed by atoms with Crippen LogP contribution in [-0.2, 0) is 19.0 Å². The molecule has 0 saturated heterocycles. The Hall–Kier alpha value is -0.650. The number of unbranched alkanes of at least 4 members (excludes halogenated alkanes) is 1. The molecule has 0 aromatic carbocycles. The second kappa shape index (κ2) is 12.8. The average molecular weight is 262 g/mol. The van der Waals surface area contributed by atoms with E-state index < -0.39 is 0 Å². The molecule has 0 saturated carbocycles. The zero-order valence-corrected chi connectivity index (χ0v) is 11.5. The molecular weight excluding hydrogens is 236 g/mol. The Morgan fingerprint density at radius 2 is 1.72 bits per heavy atom. The predicted octanol–water partition coefficient (Wildman–Crippen LogP) is 1.38. The number of hydrogen-bond donors (Lipinski definition) is 1. The highest BCUT2D eigenvalue weighted by Crippen LogP contribution is 2.09. The van der Waals surface area contributed by atoms with Crippen LogP contribution in [0.3, 0.4) is 0 Å².